The molecule has 1 aliphatic rings. The fourth-order valence-electron chi connectivity index (χ4n) is 2.33. The quantitative estimate of drug-likeness (QED) is 0.878. The van der Waals surface area contributed by atoms with E-state index in [4.69, 9.17) is 5.73 Å². The molecule has 2 N–H and O–H groups in total. The van der Waals surface area contributed by atoms with Gasteiger partial charge in [0.15, 0.2) is 9.84 Å². The van der Waals surface area contributed by atoms with Gasteiger partial charge in [0.05, 0.1) is 11.5 Å². The van der Waals surface area contributed by atoms with Crippen LogP contribution < -0.4 is 10.6 Å². The van der Waals surface area contributed by atoms with Crippen molar-refractivity contribution in [3.8, 4) is 0 Å². The molecule has 0 atom stereocenters. The Kier molecular flexibility index (Phi) is 3.92. The van der Waals surface area contributed by atoms with Crippen molar-refractivity contribution >= 4 is 15.5 Å². The Bertz CT molecular complexity index is 512. The smallest absolute Gasteiger partial charge is 0.153 e. The van der Waals surface area contributed by atoms with Gasteiger partial charge in [-0.15, -0.1) is 0 Å². The van der Waals surface area contributed by atoms with Crippen LogP contribution in [-0.2, 0) is 16.3 Å². The fourth-order valence-corrected chi connectivity index (χ4v) is 3.53. The predicted molar refractivity (Wildman–Crippen MR) is 74.8 cm³/mol. The number of nitrogens with zero attached hydrogens (tertiary/aromatic N) is 1. The molecule has 100 valence electrons. The van der Waals surface area contributed by atoms with E-state index >= 15 is 0 Å². The zero-order valence-corrected chi connectivity index (χ0v) is 11.5. The largest absolute Gasteiger partial charge is 0.369 e. The molecule has 18 heavy (non-hydrogen) atoms. The molecule has 0 spiro atoms. The van der Waals surface area contributed by atoms with Gasteiger partial charge < -0.3 is 10.6 Å². The highest BCUT2D eigenvalue weighted by molar-refractivity contribution is 7.91. The molecule has 1 aromatic rings. The number of hydrogen-bond donors (Lipinski definition) is 1. The fraction of sp³-hybridized carbons (Fsp3) is 0.538. The molecule has 1 heterocycles. The molecule has 1 fully saturated rings. The summed E-state index contributed by atoms with van der Waals surface area (Å²) in [5, 5.41) is 0. The van der Waals surface area contributed by atoms with E-state index in [1.54, 1.807) is 0 Å². The van der Waals surface area contributed by atoms with Crippen molar-refractivity contribution in [2.24, 2.45) is 5.73 Å². The summed E-state index contributed by atoms with van der Waals surface area (Å²) in [7, 11) is -2.82. The highest BCUT2D eigenvalue weighted by Gasteiger charge is 2.22. The van der Waals surface area contributed by atoms with E-state index in [9.17, 15) is 8.42 Å². The number of sulfone groups is 1. The minimum Gasteiger partial charge on any atom is -0.369 e. The van der Waals surface area contributed by atoms with E-state index in [0.717, 1.165) is 12.1 Å². The van der Waals surface area contributed by atoms with Gasteiger partial charge in [0, 0.05) is 18.8 Å². The Balaban J connectivity index is 2.23. The van der Waals surface area contributed by atoms with Gasteiger partial charge in [-0.05, 0) is 31.5 Å². The van der Waals surface area contributed by atoms with Crippen LogP contribution in [0, 0.1) is 6.92 Å². The normalized spacial score (nSPS) is 18.9. The third-order valence-electron chi connectivity index (χ3n) is 3.33. The predicted octanol–water partition coefficient (Wildman–Crippen LogP) is 0.731. The number of aryl methyl sites for hydroxylation is 1. The summed E-state index contributed by atoms with van der Waals surface area (Å²) in [4.78, 5) is 2.16. The first-order valence-electron chi connectivity index (χ1n) is 6.27. The molecule has 1 aliphatic heterocycles. The zero-order chi connectivity index (χ0) is 13.2. The molecule has 0 bridgehead atoms. The Morgan fingerprint density at radius 2 is 1.94 bits per heavy atom. The molecule has 4 nitrogen and oxygen atoms in total. The standard InChI is InChI=1S/C13H20N2O2S/c1-11-2-3-13(12(10-11)4-5-14)15-6-8-18(16,17)9-7-15/h2-3,10H,4-9,14H2,1H3. The van der Waals surface area contributed by atoms with Crippen LogP contribution in [-0.4, -0.2) is 39.6 Å². The topological polar surface area (TPSA) is 63.4 Å². The molecule has 0 radical (unpaired) electrons. The van der Waals surface area contributed by atoms with Gasteiger partial charge in [-0.2, -0.15) is 0 Å². The van der Waals surface area contributed by atoms with Crippen LogP contribution in [0.2, 0.25) is 0 Å². The van der Waals surface area contributed by atoms with Crippen LogP contribution in [0.15, 0.2) is 18.2 Å². The second-order valence-corrected chi connectivity index (χ2v) is 7.11. The Morgan fingerprint density at radius 1 is 1.28 bits per heavy atom. The van der Waals surface area contributed by atoms with Gasteiger partial charge >= 0.3 is 0 Å². The van der Waals surface area contributed by atoms with Gasteiger partial charge in [-0.25, -0.2) is 8.42 Å². The third-order valence-corrected chi connectivity index (χ3v) is 4.94. The monoisotopic (exact) mass is 268 g/mol. The molecular formula is C13H20N2O2S. The zero-order valence-electron chi connectivity index (χ0n) is 10.7. The van der Waals surface area contributed by atoms with Crippen molar-refractivity contribution in [2.75, 3.05) is 36.0 Å². The lowest BCUT2D eigenvalue weighted by molar-refractivity contribution is 0.586. The summed E-state index contributed by atoms with van der Waals surface area (Å²) in [6, 6.07) is 6.29. The minimum atomic E-state index is -2.82. The molecule has 0 aliphatic carbocycles. The number of benzene rings is 1. The average Bonchev–Trinajstić information content (AvgIpc) is 2.31. The minimum absolute atomic E-state index is 0.253. The lowest BCUT2D eigenvalue weighted by atomic mass is 10.1. The lowest BCUT2D eigenvalue weighted by Crippen LogP contribution is -2.40. The van der Waals surface area contributed by atoms with Crippen molar-refractivity contribution in [1.29, 1.82) is 0 Å². The number of rotatable bonds is 3. The van der Waals surface area contributed by atoms with Crippen LogP contribution in [0.25, 0.3) is 0 Å². The summed E-state index contributed by atoms with van der Waals surface area (Å²) in [5.41, 5.74) is 9.21. The Labute approximate surface area is 109 Å². The van der Waals surface area contributed by atoms with Crippen molar-refractivity contribution in [3.05, 3.63) is 29.3 Å². The van der Waals surface area contributed by atoms with Crippen molar-refractivity contribution in [3.63, 3.8) is 0 Å². The molecule has 1 saturated heterocycles. The number of anilines is 1. The van der Waals surface area contributed by atoms with E-state index in [2.05, 4.69) is 30.0 Å². The first-order chi connectivity index (χ1) is 8.52. The molecule has 0 amide bonds. The molecular weight excluding hydrogens is 248 g/mol. The maximum absolute atomic E-state index is 11.4. The van der Waals surface area contributed by atoms with E-state index in [0.29, 0.717) is 19.6 Å². The highest BCUT2D eigenvalue weighted by atomic mass is 32.2. The summed E-state index contributed by atoms with van der Waals surface area (Å²) >= 11 is 0. The second kappa shape index (κ2) is 5.28. The summed E-state index contributed by atoms with van der Waals surface area (Å²) < 4.78 is 22.9. The van der Waals surface area contributed by atoms with Gasteiger partial charge in [-0.1, -0.05) is 17.7 Å². The Morgan fingerprint density at radius 3 is 2.56 bits per heavy atom. The molecule has 2 rings (SSSR count). The second-order valence-electron chi connectivity index (χ2n) is 4.81. The number of nitrogens with two attached hydrogens (primary N) is 1. The van der Waals surface area contributed by atoms with Crippen molar-refractivity contribution in [2.45, 2.75) is 13.3 Å². The molecule has 5 heteroatoms. The van der Waals surface area contributed by atoms with E-state index in [-0.39, 0.29) is 11.5 Å². The average molecular weight is 268 g/mol. The first-order valence-corrected chi connectivity index (χ1v) is 8.09. The lowest BCUT2D eigenvalue weighted by Gasteiger charge is -2.30. The maximum atomic E-state index is 11.4. The molecule has 0 aromatic heterocycles. The summed E-state index contributed by atoms with van der Waals surface area (Å²) in [6.07, 6.45) is 0.834. The molecule has 0 saturated carbocycles. The van der Waals surface area contributed by atoms with Crippen LogP contribution in [0.3, 0.4) is 0 Å². The van der Waals surface area contributed by atoms with E-state index < -0.39 is 9.84 Å². The van der Waals surface area contributed by atoms with Crippen LogP contribution in [0.5, 0.6) is 0 Å². The van der Waals surface area contributed by atoms with Gasteiger partial charge in [-0.3, -0.25) is 0 Å². The molecule has 1 aromatic carbocycles. The summed E-state index contributed by atoms with van der Waals surface area (Å²) in [5.74, 6) is 0.506. The van der Waals surface area contributed by atoms with Gasteiger partial charge in [0.25, 0.3) is 0 Å². The van der Waals surface area contributed by atoms with Gasteiger partial charge in [0.1, 0.15) is 0 Å². The molecule has 0 unspecified atom stereocenters. The van der Waals surface area contributed by atoms with E-state index in [1.165, 1.54) is 11.1 Å². The van der Waals surface area contributed by atoms with Gasteiger partial charge in [0.2, 0.25) is 0 Å². The number of hydrogen-bond acceptors (Lipinski definition) is 4. The third kappa shape index (κ3) is 3.03. The van der Waals surface area contributed by atoms with E-state index in [1.807, 2.05) is 0 Å². The Hall–Kier alpha value is -1.07. The highest BCUT2D eigenvalue weighted by Crippen LogP contribution is 2.24. The van der Waals surface area contributed by atoms with Crippen LogP contribution in [0.4, 0.5) is 5.69 Å². The van der Waals surface area contributed by atoms with Crippen LogP contribution >= 0.6 is 0 Å². The summed E-state index contributed by atoms with van der Waals surface area (Å²) in [6.45, 7) is 3.85. The maximum Gasteiger partial charge on any atom is 0.153 e. The first kappa shape index (κ1) is 13.4. The van der Waals surface area contributed by atoms with Crippen molar-refractivity contribution < 1.29 is 8.42 Å². The van der Waals surface area contributed by atoms with Crippen molar-refractivity contribution in [1.82, 2.24) is 0 Å². The SMILES string of the molecule is Cc1ccc(N2CCS(=O)(=O)CC2)c(CCN)c1. The van der Waals surface area contributed by atoms with Crippen LogP contribution in [0.1, 0.15) is 11.1 Å².